The van der Waals surface area contributed by atoms with E-state index in [9.17, 15) is 9.59 Å². The van der Waals surface area contributed by atoms with Gasteiger partial charge in [0.15, 0.2) is 0 Å². The van der Waals surface area contributed by atoms with Gasteiger partial charge in [0.1, 0.15) is 11.8 Å². The van der Waals surface area contributed by atoms with Gasteiger partial charge < -0.3 is 15.2 Å². The van der Waals surface area contributed by atoms with Gasteiger partial charge >= 0.3 is 5.97 Å². The minimum Gasteiger partial charge on any atom is -0.496 e. The third-order valence-electron chi connectivity index (χ3n) is 2.82. The second kappa shape index (κ2) is 6.22. The molecule has 0 aliphatic rings. The standard InChI is InChI=1S/C14H19NO4/c1-8(2)12(14(17)18)15-13(16)10-7-9(3)5-6-11(10)19-4/h5-8,12H,1-4H3,(H,15,16)(H,17,18)/t12-/m1/s1. The molecule has 0 saturated carbocycles. The Balaban J connectivity index is 3.00. The third kappa shape index (κ3) is 3.71. The summed E-state index contributed by atoms with van der Waals surface area (Å²) in [7, 11) is 1.47. The van der Waals surface area contributed by atoms with E-state index in [2.05, 4.69) is 5.32 Å². The van der Waals surface area contributed by atoms with Crippen LogP contribution in [0.5, 0.6) is 5.75 Å². The Morgan fingerprint density at radius 1 is 1.32 bits per heavy atom. The van der Waals surface area contributed by atoms with Crippen LogP contribution in [0.25, 0.3) is 0 Å². The molecule has 104 valence electrons. The lowest BCUT2D eigenvalue weighted by molar-refractivity contribution is -0.140. The summed E-state index contributed by atoms with van der Waals surface area (Å²) in [5.74, 6) is -1.26. The lowest BCUT2D eigenvalue weighted by Gasteiger charge is -2.18. The maximum atomic E-state index is 12.1. The van der Waals surface area contributed by atoms with Gasteiger partial charge in [0, 0.05) is 0 Å². The molecule has 0 spiro atoms. The van der Waals surface area contributed by atoms with Crippen LogP contribution in [-0.4, -0.2) is 30.1 Å². The Kier molecular flexibility index (Phi) is 4.92. The zero-order chi connectivity index (χ0) is 14.6. The van der Waals surface area contributed by atoms with Gasteiger partial charge in [0.05, 0.1) is 12.7 Å². The van der Waals surface area contributed by atoms with Gasteiger partial charge in [-0.1, -0.05) is 25.5 Å². The topological polar surface area (TPSA) is 75.6 Å². The van der Waals surface area contributed by atoms with Crippen molar-refractivity contribution in [2.75, 3.05) is 7.11 Å². The summed E-state index contributed by atoms with van der Waals surface area (Å²) in [5.41, 5.74) is 1.25. The van der Waals surface area contributed by atoms with Gasteiger partial charge in [0.2, 0.25) is 0 Å². The number of methoxy groups -OCH3 is 1. The summed E-state index contributed by atoms with van der Waals surface area (Å²) in [4.78, 5) is 23.2. The van der Waals surface area contributed by atoms with E-state index in [-0.39, 0.29) is 5.92 Å². The van der Waals surface area contributed by atoms with Crippen LogP contribution in [0.1, 0.15) is 29.8 Å². The molecule has 1 rings (SSSR count). The van der Waals surface area contributed by atoms with Crippen LogP contribution in [0, 0.1) is 12.8 Å². The number of rotatable bonds is 5. The fourth-order valence-corrected chi connectivity index (χ4v) is 1.73. The molecule has 0 aromatic heterocycles. The number of ether oxygens (including phenoxy) is 1. The van der Waals surface area contributed by atoms with Crippen molar-refractivity contribution in [2.45, 2.75) is 26.8 Å². The molecule has 1 aromatic rings. The van der Waals surface area contributed by atoms with E-state index in [0.29, 0.717) is 11.3 Å². The fraction of sp³-hybridized carbons (Fsp3) is 0.429. The summed E-state index contributed by atoms with van der Waals surface area (Å²) in [6, 6.07) is 4.27. The second-order valence-electron chi connectivity index (χ2n) is 4.74. The number of carboxylic acids is 1. The van der Waals surface area contributed by atoms with Crippen molar-refractivity contribution in [2.24, 2.45) is 5.92 Å². The molecule has 0 radical (unpaired) electrons. The molecule has 1 atom stereocenters. The maximum Gasteiger partial charge on any atom is 0.326 e. The Morgan fingerprint density at radius 2 is 1.95 bits per heavy atom. The molecule has 0 aliphatic heterocycles. The van der Waals surface area contributed by atoms with Crippen molar-refractivity contribution in [3.8, 4) is 5.75 Å². The van der Waals surface area contributed by atoms with Crippen LogP contribution >= 0.6 is 0 Å². The minimum absolute atomic E-state index is 0.197. The lowest BCUT2D eigenvalue weighted by atomic mass is 10.0. The first kappa shape index (κ1) is 15.0. The van der Waals surface area contributed by atoms with Crippen molar-refractivity contribution in [1.29, 1.82) is 0 Å². The summed E-state index contributed by atoms with van der Waals surface area (Å²) in [6.45, 7) is 5.34. The number of carboxylic acid groups (broad SMARTS) is 1. The quantitative estimate of drug-likeness (QED) is 0.851. The Labute approximate surface area is 112 Å². The SMILES string of the molecule is COc1ccc(C)cc1C(=O)N[C@@H](C(=O)O)C(C)C. The predicted octanol–water partition coefficient (Wildman–Crippen LogP) is 1.84. The molecule has 0 saturated heterocycles. The van der Waals surface area contributed by atoms with Crippen molar-refractivity contribution >= 4 is 11.9 Å². The number of nitrogens with one attached hydrogen (secondary N) is 1. The molecule has 0 unspecified atom stereocenters. The Hall–Kier alpha value is -2.04. The number of hydrogen-bond donors (Lipinski definition) is 2. The van der Waals surface area contributed by atoms with Gasteiger partial charge in [0.25, 0.3) is 5.91 Å². The third-order valence-corrected chi connectivity index (χ3v) is 2.82. The number of aliphatic carboxylic acids is 1. The summed E-state index contributed by atoms with van der Waals surface area (Å²) in [5, 5.41) is 11.6. The van der Waals surface area contributed by atoms with Gasteiger partial charge in [-0.25, -0.2) is 4.79 Å². The average molecular weight is 265 g/mol. The molecule has 0 heterocycles. The highest BCUT2D eigenvalue weighted by Crippen LogP contribution is 2.20. The average Bonchev–Trinajstić information content (AvgIpc) is 2.34. The number of aryl methyl sites for hydroxylation is 1. The number of carbonyl (C=O) groups is 2. The normalized spacial score (nSPS) is 12.1. The van der Waals surface area contributed by atoms with Crippen LogP contribution in [-0.2, 0) is 4.79 Å². The number of hydrogen-bond acceptors (Lipinski definition) is 3. The van der Waals surface area contributed by atoms with Crippen LogP contribution in [0.2, 0.25) is 0 Å². The van der Waals surface area contributed by atoms with Crippen molar-refractivity contribution in [3.05, 3.63) is 29.3 Å². The van der Waals surface area contributed by atoms with Crippen molar-refractivity contribution in [1.82, 2.24) is 5.32 Å². The van der Waals surface area contributed by atoms with E-state index in [0.717, 1.165) is 5.56 Å². The van der Waals surface area contributed by atoms with Crippen LogP contribution < -0.4 is 10.1 Å². The molecule has 1 amide bonds. The maximum absolute atomic E-state index is 12.1. The molecule has 0 fully saturated rings. The Bertz CT molecular complexity index is 482. The van der Waals surface area contributed by atoms with Gasteiger partial charge in [-0.3, -0.25) is 4.79 Å². The van der Waals surface area contributed by atoms with Crippen LogP contribution in [0.15, 0.2) is 18.2 Å². The van der Waals surface area contributed by atoms with Crippen LogP contribution in [0.3, 0.4) is 0 Å². The highest BCUT2D eigenvalue weighted by atomic mass is 16.5. The lowest BCUT2D eigenvalue weighted by Crippen LogP contribution is -2.44. The largest absolute Gasteiger partial charge is 0.496 e. The van der Waals surface area contributed by atoms with Crippen LogP contribution in [0.4, 0.5) is 0 Å². The van der Waals surface area contributed by atoms with Crippen molar-refractivity contribution < 1.29 is 19.4 Å². The molecule has 5 nitrogen and oxygen atoms in total. The number of carbonyl (C=O) groups excluding carboxylic acids is 1. The highest BCUT2D eigenvalue weighted by molar-refractivity contribution is 5.99. The number of benzene rings is 1. The molecule has 19 heavy (non-hydrogen) atoms. The van der Waals surface area contributed by atoms with E-state index in [1.54, 1.807) is 26.0 Å². The van der Waals surface area contributed by atoms with E-state index in [1.165, 1.54) is 7.11 Å². The zero-order valence-electron chi connectivity index (χ0n) is 11.6. The highest BCUT2D eigenvalue weighted by Gasteiger charge is 2.25. The van der Waals surface area contributed by atoms with E-state index in [1.807, 2.05) is 13.0 Å². The summed E-state index contributed by atoms with van der Waals surface area (Å²) < 4.78 is 5.12. The van der Waals surface area contributed by atoms with Gasteiger partial charge in [-0.2, -0.15) is 0 Å². The molecular formula is C14H19NO4. The molecule has 5 heteroatoms. The van der Waals surface area contributed by atoms with Gasteiger partial charge in [-0.15, -0.1) is 0 Å². The zero-order valence-corrected chi connectivity index (χ0v) is 11.6. The second-order valence-corrected chi connectivity index (χ2v) is 4.74. The summed E-state index contributed by atoms with van der Waals surface area (Å²) in [6.07, 6.45) is 0. The van der Waals surface area contributed by atoms with Gasteiger partial charge in [-0.05, 0) is 25.0 Å². The molecule has 0 aliphatic carbocycles. The number of amides is 1. The minimum atomic E-state index is -1.05. The smallest absolute Gasteiger partial charge is 0.326 e. The van der Waals surface area contributed by atoms with E-state index < -0.39 is 17.9 Å². The first-order valence-electron chi connectivity index (χ1n) is 6.05. The first-order chi connectivity index (χ1) is 8.86. The Morgan fingerprint density at radius 3 is 2.42 bits per heavy atom. The van der Waals surface area contributed by atoms with Crippen molar-refractivity contribution in [3.63, 3.8) is 0 Å². The first-order valence-corrected chi connectivity index (χ1v) is 6.05. The predicted molar refractivity (Wildman–Crippen MR) is 71.5 cm³/mol. The molecular weight excluding hydrogens is 246 g/mol. The molecule has 0 bridgehead atoms. The monoisotopic (exact) mass is 265 g/mol. The molecule has 1 aromatic carbocycles. The molecule has 2 N–H and O–H groups in total. The van der Waals surface area contributed by atoms with E-state index >= 15 is 0 Å². The summed E-state index contributed by atoms with van der Waals surface area (Å²) >= 11 is 0. The van der Waals surface area contributed by atoms with E-state index in [4.69, 9.17) is 9.84 Å². The fourth-order valence-electron chi connectivity index (χ4n) is 1.73.